The van der Waals surface area contributed by atoms with E-state index in [1.54, 1.807) is 13.4 Å². The molecule has 1 spiro atoms. The minimum Gasteiger partial charge on any atom is -0.493 e. The molecule has 1 saturated heterocycles. The summed E-state index contributed by atoms with van der Waals surface area (Å²) in [4.78, 5) is 2.51. The average molecular weight is 381 g/mol. The molecule has 4 heterocycles. The van der Waals surface area contributed by atoms with Crippen molar-refractivity contribution in [2.75, 3.05) is 20.2 Å². The molecule has 0 aliphatic carbocycles. The van der Waals surface area contributed by atoms with Gasteiger partial charge in [0.2, 0.25) is 0 Å². The van der Waals surface area contributed by atoms with E-state index in [4.69, 9.17) is 13.9 Å². The number of ether oxygens (including phenoxy) is 2. The summed E-state index contributed by atoms with van der Waals surface area (Å²) in [5.41, 5.74) is 5.28. The first-order valence-corrected chi connectivity index (χ1v) is 10.0. The van der Waals surface area contributed by atoms with Crippen LogP contribution in [0.1, 0.15) is 44.1 Å². The molecule has 1 atom stereocenters. The number of hydrogen-bond acceptors (Lipinski definition) is 6. The Morgan fingerprint density at radius 1 is 1.18 bits per heavy atom. The number of methoxy groups -OCH3 is 1. The quantitative estimate of drug-likeness (QED) is 0.873. The number of para-hydroxylation sites is 1. The zero-order chi connectivity index (χ0) is 19.3. The maximum Gasteiger partial charge on any atom is 0.183 e. The third-order valence-corrected chi connectivity index (χ3v) is 6.22. The standard InChI is InChI=1S/C22H27N3O3/c1-15(2)24-11-9-22(10-12-24)25-18(14-17(23-25)19-8-5-13-27-19)16-6-4-7-20(26-3)21(16)28-22/h4-8,13-15,18,23H,9-12H2,1-3H3/t18-/m0/s1. The third kappa shape index (κ3) is 2.63. The van der Waals surface area contributed by atoms with E-state index in [0.717, 1.165) is 54.5 Å². The maximum absolute atomic E-state index is 6.74. The molecule has 0 saturated carbocycles. The summed E-state index contributed by atoms with van der Waals surface area (Å²) >= 11 is 0. The zero-order valence-electron chi connectivity index (χ0n) is 16.6. The Hall–Kier alpha value is -2.44. The molecule has 2 aromatic rings. The fourth-order valence-corrected chi connectivity index (χ4v) is 4.63. The van der Waals surface area contributed by atoms with E-state index >= 15 is 0 Å². The highest BCUT2D eigenvalue weighted by atomic mass is 16.5. The molecule has 0 radical (unpaired) electrons. The largest absolute Gasteiger partial charge is 0.493 e. The molecule has 0 bridgehead atoms. The monoisotopic (exact) mass is 381 g/mol. The van der Waals surface area contributed by atoms with Crippen LogP contribution in [0.3, 0.4) is 0 Å². The van der Waals surface area contributed by atoms with E-state index in [2.05, 4.69) is 41.3 Å². The molecule has 1 aromatic heterocycles. The minimum atomic E-state index is -0.414. The van der Waals surface area contributed by atoms with Gasteiger partial charge in [-0.25, -0.2) is 0 Å². The molecule has 5 rings (SSSR count). The highest BCUT2D eigenvalue weighted by Gasteiger charge is 2.52. The second-order valence-electron chi connectivity index (χ2n) is 8.04. The van der Waals surface area contributed by atoms with Crippen LogP contribution in [-0.4, -0.2) is 41.9 Å². The van der Waals surface area contributed by atoms with Crippen LogP contribution >= 0.6 is 0 Å². The molecule has 0 amide bonds. The van der Waals surface area contributed by atoms with Crippen molar-refractivity contribution in [1.29, 1.82) is 0 Å². The first-order valence-electron chi connectivity index (χ1n) is 10.0. The summed E-state index contributed by atoms with van der Waals surface area (Å²) in [6, 6.07) is 10.6. The Morgan fingerprint density at radius 3 is 2.68 bits per heavy atom. The van der Waals surface area contributed by atoms with E-state index in [1.165, 1.54) is 0 Å². The first-order chi connectivity index (χ1) is 13.6. The van der Waals surface area contributed by atoms with Crippen LogP contribution in [0.4, 0.5) is 0 Å². The predicted octanol–water partition coefficient (Wildman–Crippen LogP) is 3.78. The molecule has 28 heavy (non-hydrogen) atoms. The van der Waals surface area contributed by atoms with Crippen LogP contribution in [0.2, 0.25) is 0 Å². The predicted molar refractivity (Wildman–Crippen MR) is 107 cm³/mol. The Morgan fingerprint density at radius 2 is 2.00 bits per heavy atom. The van der Waals surface area contributed by atoms with E-state index < -0.39 is 5.72 Å². The number of piperidine rings is 1. The van der Waals surface area contributed by atoms with Gasteiger partial charge < -0.3 is 24.2 Å². The molecule has 148 valence electrons. The molecule has 1 N–H and O–H groups in total. The van der Waals surface area contributed by atoms with Crippen LogP contribution in [-0.2, 0) is 0 Å². The molecule has 3 aliphatic heterocycles. The molecule has 0 unspecified atom stereocenters. The Balaban J connectivity index is 1.56. The maximum atomic E-state index is 6.74. The number of fused-ring (bicyclic) bond motifs is 4. The van der Waals surface area contributed by atoms with Crippen molar-refractivity contribution in [3.63, 3.8) is 0 Å². The number of likely N-dealkylation sites (tertiary alicyclic amines) is 1. The molecular formula is C22H27N3O3. The van der Waals surface area contributed by atoms with E-state index in [1.807, 2.05) is 24.3 Å². The normalized spacial score (nSPS) is 23.7. The van der Waals surface area contributed by atoms with Gasteiger partial charge in [-0.1, -0.05) is 12.1 Å². The van der Waals surface area contributed by atoms with Gasteiger partial charge in [0.1, 0.15) is 0 Å². The van der Waals surface area contributed by atoms with Crippen LogP contribution in [0.5, 0.6) is 11.5 Å². The highest BCUT2D eigenvalue weighted by molar-refractivity contribution is 5.65. The van der Waals surface area contributed by atoms with Crippen molar-refractivity contribution < 1.29 is 13.9 Å². The van der Waals surface area contributed by atoms with Gasteiger partial charge in [0.25, 0.3) is 0 Å². The summed E-state index contributed by atoms with van der Waals surface area (Å²) < 4.78 is 18.0. The number of furan rings is 1. The van der Waals surface area contributed by atoms with Gasteiger partial charge in [-0.15, -0.1) is 0 Å². The average Bonchev–Trinajstić information content (AvgIpc) is 3.38. The number of nitrogens with one attached hydrogen (secondary N) is 1. The lowest BCUT2D eigenvalue weighted by Gasteiger charge is -2.52. The van der Waals surface area contributed by atoms with E-state index in [9.17, 15) is 0 Å². The number of benzene rings is 1. The van der Waals surface area contributed by atoms with Gasteiger partial charge in [0.05, 0.1) is 25.1 Å². The summed E-state index contributed by atoms with van der Waals surface area (Å²) in [6.45, 7) is 6.52. The SMILES string of the molecule is COc1cccc2c1OC1(CCN(C(C)C)CC1)N1NC(c3ccco3)=C[C@@H]21. The first kappa shape index (κ1) is 17.6. The molecule has 1 aromatic carbocycles. The summed E-state index contributed by atoms with van der Waals surface area (Å²) in [6.07, 6.45) is 5.78. The highest BCUT2D eigenvalue weighted by Crippen LogP contribution is 2.51. The number of rotatable bonds is 3. The lowest BCUT2D eigenvalue weighted by molar-refractivity contribution is -0.162. The van der Waals surface area contributed by atoms with Crippen molar-refractivity contribution in [1.82, 2.24) is 15.3 Å². The van der Waals surface area contributed by atoms with Gasteiger partial charge in [-0.05, 0) is 38.1 Å². The van der Waals surface area contributed by atoms with Crippen LogP contribution < -0.4 is 14.9 Å². The summed E-state index contributed by atoms with van der Waals surface area (Å²) in [7, 11) is 1.70. The van der Waals surface area contributed by atoms with Crippen molar-refractivity contribution in [2.45, 2.75) is 44.5 Å². The lowest BCUT2D eigenvalue weighted by Crippen LogP contribution is -2.64. The number of hydrogen-bond donors (Lipinski definition) is 1. The van der Waals surface area contributed by atoms with Crippen molar-refractivity contribution in [3.05, 3.63) is 54.0 Å². The van der Waals surface area contributed by atoms with E-state index in [0.29, 0.717) is 6.04 Å². The van der Waals surface area contributed by atoms with E-state index in [-0.39, 0.29) is 6.04 Å². The van der Waals surface area contributed by atoms with Gasteiger partial charge in [0.15, 0.2) is 23.0 Å². The second kappa shape index (κ2) is 6.57. The summed E-state index contributed by atoms with van der Waals surface area (Å²) in [5, 5.41) is 2.28. The van der Waals surface area contributed by atoms with Gasteiger partial charge in [-0.2, -0.15) is 5.01 Å². The topological polar surface area (TPSA) is 50.1 Å². The Bertz CT molecular complexity index is 882. The molecule has 1 fully saturated rings. The fraction of sp³-hybridized carbons (Fsp3) is 0.455. The van der Waals surface area contributed by atoms with Crippen LogP contribution in [0.15, 0.2) is 47.1 Å². The Kier molecular flexibility index (Phi) is 4.14. The zero-order valence-corrected chi connectivity index (χ0v) is 16.6. The molecule has 6 heteroatoms. The second-order valence-corrected chi connectivity index (χ2v) is 8.04. The smallest absolute Gasteiger partial charge is 0.183 e. The number of hydrazine groups is 1. The molecular weight excluding hydrogens is 354 g/mol. The minimum absolute atomic E-state index is 0.0737. The van der Waals surface area contributed by atoms with Crippen LogP contribution in [0, 0.1) is 0 Å². The van der Waals surface area contributed by atoms with Crippen LogP contribution in [0.25, 0.3) is 5.70 Å². The molecule has 3 aliphatic rings. The van der Waals surface area contributed by atoms with Crippen molar-refractivity contribution in [2.24, 2.45) is 0 Å². The van der Waals surface area contributed by atoms with Gasteiger partial charge in [0, 0.05) is 37.5 Å². The fourth-order valence-electron chi connectivity index (χ4n) is 4.63. The number of nitrogens with zero attached hydrogens (tertiary/aromatic N) is 2. The Labute approximate surface area is 165 Å². The lowest BCUT2D eigenvalue weighted by atomic mass is 9.92. The van der Waals surface area contributed by atoms with Crippen molar-refractivity contribution >= 4 is 5.70 Å². The summed E-state index contributed by atoms with van der Waals surface area (Å²) in [5.74, 6) is 2.50. The van der Waals surface area contributed by atoms with Gasteiger partial charge >= 0.3 is 0 Å². The molecule has 6 nitrogen and oxygen atoms in total. The van der Waals surface area contributed by atoms with Gasteiger partial charge in [-0.3, -0.25) is 0 Å². The third-order valence-electron chi connectivity index (χ3n) is 6.22. The van der Waals surface area contributed by atoms with Crippen molar-refractivity contribution in [3.8, 4) is 11.5 Å².